The first-order valence-corrected chi connectivity index (χ1v) is 9.15. The Morgan fingerprint density at radius 1 is 1.20 bits per heavy atom. The van der Waals surface area contributed by atoms with Gasteiger partial charge in [-0.3, -0.25) is 4.90 Å². The molecular formula is C17H17N7S. The van der Waals surface area contributed by atoms with Crippen LogP contribution in [0.3, 0.4) is 0 Å². The number of thioether (sulfide) groups is 1. The second-order valence-corrected chi connectivity index (χ2v) is 6.13. The molecule has 1 N–H and O–H groups in total. The molecule has 7 nitrogen and oxygen atoms in total. The van der Waals surface area contributed by atoms with Gasteiger partial charge in [0.15, 0.2) is 10.8 Å². The number of benzene rings is 1. The molecule has 0 atom stereocenters. The summed E-state index contributed by atoms with van der Waals surface area (Å²) in [5.74, 6) is 1.58. The molecule has 0 radical (unpaired) electrons. The molecule has 4 aromatic rings. The minimum absolute atomic E-state index is 0.708. The van der Waals surface area contributed by atoms with Crippen molar-refractivity contribution in [1.82, 2.24) is 29.5 Å². The first-order valence-electron chi connectivity index (χ1n) is 7.93. The summed E-state index contributed by atoms with van der Waals surface area (Å²) in [5.41, 5.74) is 2.69. The van der Waals surface area contributed by atoms with E-state index in [0.717, 1.165) is 29.3 Å². The van der Waals surface area contributed by atoms with Gasteiger partial charge in [0.1, 0.15) is 5.82 Å². The summed E-state index contributed by atoms with van der Waals surface area (Å²) in [6.45, 7) is 2.79. The van der Waals surface area contributed by atoms with E-state index in [4.69, 9.17) is 5.10 Å². The number of aromatic nitrogens is 6. The van der Waals surface area contributed by atoms with Crippen molar-refractivity contribution in [2.45, 2.75) is 12.1 Å². The molecule has 3 heterocycles. The van der Waals surface area contributed by atoms with Crippen LogP contribution in [0.15, 0.2) is 54.1 Å². The van der Waals surface area contributed by atoms with Crippen LogP contribution in [0.1, 0.15) is 6.92 Å². The van der Waals surface area contributed by atoms with Crippen LogP contribution in [0, 0.1) is 0 Å². The lowest BCUT2D eigenvalue weighted by Crippen LogP contribution is -2.22. The van der Waals surface area contributed by atoms with Gasteiger partial charge in [0.05, 0.1) is 18.2 Å². The van der Waals surface area contributed by atoms with E-state index in [0.29, 0.717) is 11.1 Å². The monoisotopic (exact) mass is 351 g/mol. The fraction of sp³-hybridized carbons (Fsp3) is 0.176. The summed E-state index contributed by atoms with van der Waals surface area (Å²) in [6, 6.07) is 12.1. The number of imidazole rings is 1. The standard InChI is InChI=1S/C17H17N7S/c1-3-23(15-10-18-11-19-15)17-21-16(25-2)20-14-9-13(22-24(14)17)12-7-5-4-6-8-12/h4-11H,3H2,1-2H3,(H,18,19). The van der Waals surface area contributed by atoms with Gasteiger partial charge in [0.2, 0.25) is 5.95 Å². The van der Waals surface area contributed by atoms with Crippen molar-refractivity contribution in [2.24, 2.45) is 0 Å². The Balaban J connectivity index is 1.92. The molecule has 3 aromatic heterocycles. The van der Waals surface area contributed by atoms with Gasteiger partial charge in [-0.05, 0) is 13.2 Å². The molecule has 0 spiro atoms. The van der Waals surface area contributed by atoms with Gasteiger partial charge in [-0.2, -0.15) is 14.6 Å². The predicted molar refractivity (Wildman–Crippen MR) is 99.3 cm³/mol. The Bertz CT molecular complexity index is 979. The third-order valence-electron chi connectivity index (χ3n) is 3.87. The molecule has 126 valence electrons. The molecule has 25 heavy (non-hydrogen) atoms. The lowest BCUT2D eigenvalue weighted by atomic mass is 10.2. The van der Waals surface area contributed by atoms with Crippen molar-refractivity contribution in [2.75, 3.05) is 17.7 Å². The highest BCUT2D eigenvalue weighted by molar-refractivity contribution is 7.98. The summed E-state index contributed by atoms with van der Waals surface area (Å²) >= 11 is 1.51. The van der Waals surface area contributed by atoms with Crippen LogP contribution in [0.25, 0.3) is 16.9 Å². The van der Waals surface area contributed by atoms with E-state index in [1.54, 1.807) is 17.0 Å². The van der Waals surface area contributed by atoms with Crippen LogP contribution in [-0.4, -0.2) is 42.4 Å². The highest BCUT2D eigenvalue weighted by atomic mass is 32.2. The molecule has 0 aliphatic carbocycles. The molecule has 0 aliphatic heterocycles. The normalized spacial score (nSPS) is 11.1. The zero-order chi connectivity index (χ0) is 17.2. The van der Waals surface area contributed by atoms with Crippen molar-refractivity contribution in [3.8, 4) is 11.3 Å². The maximum atomic E-state index is 4.74. The second-order valence-electron chi connectivity index (χ2n) is 5.36. The minimum Gasteiger partial charge on any atom is -0.331 e. The Kier molecular flexibility index (Phi) is 4.10. The Morgan fingerprint density at radius 3 is 2.72 bits per heavy atom. The maximum absolute atomic E-state index is 4.74. The van der Waals surface area contributed by atoms with Gasteiger partial charge in [-0.25, -0.2) is 9.97 Å². The first-order chi connectivity index (χ1) is 12.3. The van der Waals surface area contributed by atoms with E-state index in [9.17, 15) is 0 Å². The zero-order valence-corrected chi connectivity index (χ0v) is 14.7. The van der Waals surface area contributed by atoms with Crippen LogP contribution in [0.4, 0.5) is 11.8 Å². The van der Waals surface area contributed by atoms with Crippen molar-refractivity contribution in [3.05, 3.63) is 48.9 Å². The molecule has 0 bridgehead atoms. The number of rotatable bonds is 5. The Hall–Kier alpha value is -2.87. The number of anilines is 2. The van der Waals surface area contributed by atoms with E-state index in [1.807, 2.05) is 47.6 Å². The second kappa shape index (κ2) is 6.56. The summed E-state index contributed by atoms with van der Waals surface area (Å²) in [6.07, 6.45) is 5.40. The van der Waals surface area contributed by atoms with E-state index in [1.165, 1.54) is 11.8 Å². The zero-order valence-electron chi connectivity index (χ0n) is 13.9. The van der Waals surface area contributed by atoms with E-state index >= 15 is 0 Å². The van der Waals surface area contributed by atoms with Gasteiger partial charge < -0.3 is 4.98 Å². The van der Waals surface area contributed by atoms with Gasteiger partial charge in [-0.1, -0.05) is 42.1 Å². The average Bonchev–Trinajstić information content (AvgIpc) is 3.32. The van der Waals surface area contributed by atoms with Crippen LogP contribution in [0.2, 0.25) is 0 Å². The largest absolute Gasteiger partial charge is 0.331 e. The van der Waals surface area contributed by atoms with E-state index in [-0.39, 0.29) is 0 Å². The van der Waals surface area contributed by atoms with Gasteiger partial charge in [0, 0.05) is 18.2 Å². The van der Waals surface area contributed by atoms with Crippen LogP contribution in [0.5, 0.6) is 0 Å². The fourth-order valence-corrected chi connectivity index (χ4v) is 3.04. The van der Waals surface area contributed by atoms with E-state index in [2.05, 4.69) is 26.9 Å². The summed E-state index contributed by atoms with van der Waals surface area (Å²) < 4.78 is 1.78. The van der Waals surface area contributed by atoms with Crippen LogP contribution < -0.4 is 4.90 Å². The minimum atomic E-state index is 0.708. The molecular weight excluding hydrogens is 334 g/mol. The maximum Gasteiger partial charge on any atom is 0.236 e. The molecule has 0 aliphatic rings. The van der Waals surface area contributed by atoms with Crippen molar-refractivity contribution in [1.29, 1.82) is 0 Å². The number of nitrogens with zero attached hydrogens (tertiary/aromatic N) is 6. The lowest BCUT2D eigenvalue weighted by molar-refractivity contribution is 0.792. The fourth-order valence-electron chi connectivity index (χ4n) is 2.69. The number of aromatic amines is 1. The number of fused-ring (bicyclic) bond motifs is 1. The summed E-state index contributed by atoms with van der Waals surface area (Å²) in [4.78, 5) is 18.6. The first kappa shape index (κ1) is 15.6. The molecule has 0 unspecified atom stereocenters. The number of nitrogens with one attached hydrogen (secondary N) is 1. The average molecular weight is 351 g/mol. The molecule has 8 heteroatoms. The highest BCUT2D eigenvalue weighted by Crippen LogP contribution is 2.26. The third-order valence-corrected chi connectivity index (χ3v) is 4.42. The quantitative estimate of drug-likeness (QED) is 0.556. The topological polar surface area (TPSA) is 75.0 Å². The molecule has 4 rings (SSSR count). The Morgan fingerprint density at radius 2 is 2.04 bits per heavy atom. The van der Waals surface area contributed by atoms with Crippen molar-refractivity contribution < 1.29 is 0 Å². The molecule has 0 saturated carbocycles. The molecule has 0 saturated heterocycles. The van der Waals surface area contributed by atoms with Crippen LogP contribution in [-0.2, 0) is 0 Å². The third kappa shape index (κ3) is 2.85. The molecule has 1 aromatic carbocycles. The highest BCUT2D eigenvalue weighted by Gasteiger charge is 2.18. The lowest BCUT2D eigenvalue weighted by Gasteiger charge is -2.20. The molecule has 0 fully saturated rings. The van der Waals surface area contributed by atoms with Crippen molar-refractivity contribution in [3.63, 3.8) is 0 Å². The summed E-state index contributed by atoms with van der Waals surface area (Å²) in [7, 11) is 0. The number of hydrogen-bond donors (Lipinski definition) is 1. The smallest absolute Gasteiger partial charge is 0.236 e. The molecule has 0 amide bonds. The van der Waals surface area contributed by atoms with Gasteiger partial charge >= 0.3 is 0 Å². The van der Waals surface area contributed by atoms with Gasteiger partial charge in [0.25, 0.3) is 0 Å². The number of hydrogen-bond acceptors (Lipinski definition) is 6. The Labute approximate surface area is 149 Å². The van der Waals surface area contributed by atoms with E-state index < -0.39 is 0 Å². The van der Waals surface area contributed by atoms with Gasteiger partial charge in [-0.15, -0.1) is 0 Å². The van der Waals surface area contributed by atoms with Crippen LogP contribution >= 0.6 is 11.8 Å². The summed E-state index contributed by atoms with van der Waals surface area (Å²) in [5, 5.41) is 5.45. The number of H-pyrrole nitrogens is 1. The van der Waals surface area contributed by atoms with Crippen molar-refractivity contribution >= 4 is 29.2 Å². The predicted octanol–water partition coefficient (Wildman–Crippen LogP) is 3.39. The SMILES string of the molecule is CCN(c1cnc[nH]1)c1nc(SC)nc2cc(-c3ccccc3)nn12.